The van der Waals surface area contributed by atoms with Gasteiger partial charge in [0, 0.05) is 6.04 Å². The van der Waals surface area contributed by atoms with E-state index < -0.39 is 0 Å². The van der Waals surface area contributed by atoms with Crippen LogP contribution in [0.25, 0.3) is 0 Å². The predicted molar refractivity (Wildman–Crippen MR) is 91.4 cm³/mol. The van der Waals surface area contributed by atoms with Crippen molar-refractivity contribution < 1.29 is 0 Å². The fourth-order valence-electron chi connectivity index (χ4n) is 6.29. The van der Waals surface area contributed by atoms with Gasteiger partial charge in [0.1, 0.15) is 0 Å². The maximum Gasteiger partial charge on any atom is 0.0124 e. The Morgan fingerprint density at radius 2 is 1.67 bits per heavy atom. The summed E-state index contributed by atoms with van der Waals surface area (Å²) in [5, 5.41) is 3.91. The van der Waals surface area contributed by atoms with E-state index in [2.05, 4.69) is 24.9 Å². The van der Waals surface area contributed by atoms with Crippen LogP contribution in [-0.4, -0.2) is 12.6 Å². The zero-order valence-corrected chi connectivity index (χ0v) is 14.1. The average molecular weight is 290 g/mol. The third-order valence-corrected chi connectivity index (χ3v) is 6.68. The minimum Gasteiger partial charge on any atom is -0.314 e. The van der Waals surface area contributed by atoms with Gasteiger partial charge in [0.25, 0.3) is 0 Å². The smallest absolute Gasteiger partial charge is 0.0124 e. The van der Waals surface area contributed by atoms with Gasteiger partial charge in [0.15, 0.2) is 0 Å². The maximum absolute atomic E-state index is 3.91. The molecule has 1 atom stereocenters. The van der Waals surface area contributed by atoms with Crippen molar-refractivity contribution in [3.8, 4) is 0 Å². The van der Waals surface area contributed by atoms with Crippen molar-refractivity contribution in [2.45, 2.75) is 83.6 Å². The number of nitrogens with one attached hydrogen (secondary N) is 1. The van der Waals surface area contributed by atoms with Crippen LogP contribution in [0.3, 0.4) is 0 Å². The second-order valence-electron chi connectivity index (χ2n) is 8.32. The molecule has 1 N–H and O–H groups in total. The lowest BCUT2D eigenvalue weighted by atomic mass is 9.47. The summed E-state index contributed by atoms with van der Waals surface area (Å²) in [5.41, 5.74) is 0.684. The van der Waals surface area contributed by atoms with Crippen LogP contribution in [0.15, 0.2) is 12.7 Å². The van der Waals surface area contributed by atoms with Gasteiger partial charge in [-0.05, 0) is 87.5 Å². The van der Waals surface area contributed by atoms with Crippen LogP contribution in [0.2, 0.25) is 0 Å². The van der Waals surface area contributed by atoms with Gasteiger partial charge in [-0.2, -0.15) is 0 Å². The molecule has 0 aliphatic heterocycles. The fourth-order valence-corrected chi connectivity index (χ4v) is 6.29. The first-order valence-corrected chi connectivity index (χ1v) is 9.60. The van der Waals surface area contributed by atoms with Gasteiger partial charge in [-0.3, -0.25) is 0 Å². The van der Waals surface area contributed by atoms with Crippen molar-refractivity contribution in [1.29, 1.82) is 0 Å². The van der Waals surface area contributed by atoms with Crippen LogP contribution in [0.4, 0.5) is 0 Å². The van der Waals surface area contributed by atoms with Gasteiger partial charge < -0.3 is 5.32 Å². The number of unbranched alkanes of at least 4 members (excludes halogenated alkanes) is 3. The van der Waals surface area contributed by atoms with Crippen molar-refractivity contribution in [2.24, 2.45) is 23.2 Å². The standard InChI is InChI=1S/C20H35N/c1-3-5-6-7-8-9-19(21-4-2)20-13-16-10-17(14-20)12-18(11-16)15-20/h3,16-19,21H,1,4-15H2,2H3. The van der Waals surface area contributed by atoms with E-state index in [1.807, 2.05) is 0 Å². The molecular formula is C20H35N. The molecule has 1 nitrogen and oxygen atoms in total. The molecule has 1 heteroatoms. The number of rotatable bonds is 9. The average Bonchev–Trinajstić information content (AvgIpc) is 2.44. The maximum atomic E-state index is 3.91. The van der Waals surface area contributed by atoms with E-state index in [-0.39, 0.29) is 0 Å². The van der Waals surface area contributed by atoms with Gasteiger partial charge in [-0.25, -0.2) is 0 Å². The van der Waals surface area contributed by atoms with E-state index in [9.17, 15) is 0 Å². The quantitative estimate of drug-likeness (QED) is 0.447. The van der Waals surface area contributed by atoms with Crippen LogP contribution in [0.1, 0.15) is 77.6 Å². The van der Waals surface area contributed by atoms with Gasteiger partial charge in [0.2, 0.25) is 0 Å². The molecule has 0 heterocycles. The molecule has 4 fully saturated rings. The van der Waals surface area contributed by atoms with E-state index >= 15 is 0 Å². The molecule has 4 aliphatic rings. The van der Waals surface area contributed by atoms with E-state index in [0.717, 1.165) is 30.3 Å². The van der Waals surface area contributed by atoms with Crippen molar-refractivity contribution in [3.05, 3.63) is 12.7 Å². The zero-order valence-electron chi connectivity index (χ0n) is 14.1. The predicted octanol–water partition coefficient (Wildman–Crippen LogP) is 5.32. The second kappa shape index (κ2) is 6.86. The first-order chi connectivity index (χ1) is 10.3. The SMILES string of the molecule is C=CCCCCCC(NCC)C12CC3CC(CC(C3)C1)C2. The molecule has 21 heavy (non-hydrogen) atoms. The van der Waals surface area contributed by atoms with Crippen molar-refractivity contribution in [3.63, 3.8) is 0 Å². The lowest BCUT2D eigenvalue weighted by molar-refractivity contribution is -0.0753. The minimum atomic E-state index is 0.684. The van der Waals surface area contributed by atoms with Gasteiger partial charge in [-0.15, -0.1) is 6.58 Å². The molecule has 0 spiro atoms. The summed E-state index contributed by atoms with van der Waals surface area (Å²) in [6.45, 7) is 7.29. The monoisotopic (exact) mass is 289 g/mol. The third-order valence-electron chi connectivity index (χ3n) is 6.68. The van der Waals surface area contributed by atoms with E-state index in [1.165, 1.54) is 32.1 Å². The first-order valence-electron chi connectivity index (χ1n) is 9.60. The number of allylic oxidation sites excluding steroid dienone is 1. The second-order valence-corrected chi connectivity index (χ2v) is 8.32. The van der Waals surface area contributed by atoms with Crippen LogP contribution >= 0.6 is 0 Å². The van der Waals surface area contributed by atoms with Crippen LogP contribution in [0, 0.1) is 23.2 Å². The van der Waals surface area contributed by atoms with Crippen molar-refractivity contribution in [1.82, 2.24) is 5.32 Å². The molecule has 4 saturated carbocycles. The summed E-state index contributed by atoms with van der Waals surface area (Å²) < 4.78 is 0. The Bertz CT molecular complexity index is 310. The van der Waals surface area contributed by atoms with Crippen molar-refractivity contribution in [2.75, 3.05) is 6.54 Å². The largest absolute Gasteiger partial charge is 0.314 e. The van der Waals surface area contributed by atoms with Crippen LogP contribution in [-0.2, 0) is 0 Å². The first kappa shape index (κ1) is 15.6. The Hall–Kier alpha value is -0.300. The summed E-state index contributed by atoms with van der Waals surface area (Å²) in [6.07, 6.45) is 18.2. The normalized spacial score (nSPS) is 38.6. The summed E-state index contributed by atoms with van der Waals surface area (Å²) >= 11 is 0. The van der Waals surface area contributed by atoms with E-state index in [4.69, 9.17) is 0 Å². The Labute approximate surface area is 132 Å². The number of hydrogen-bond donors (Lipinski definition) is 1. The highest BCUT2D eigenvalue weighted by Gasteiger charge is 2.53. The molecule has 0 aromatic carbocycles. The number of hydrogen-bond acceptors (Lipinski definition) is 1. The lowest BCUT2D eigenvalue weighted by Crippen LogP contribution is -2.55. The van der Waals surface area contributed by atoms with Crippen LogP contribution < -0.4 is 5.32 Å². The lowest BCUT2D eigenvalue weighted by Gasteiger charge is -2.59. The van der Waals surface area contributed by atoms with E-state index in [1.54, 1.807) is 38.5 Å². The zero-order chi connectivity index (χ0) is 14.7. The molecule has 0 aromatic heterocycles. The summed E-state index contributed by atoms with van der Waals surface area (Å²) in [4.78, 5) is 0. The summed E-state index contributed by atoms with van der Waals surface area (Å²) in [7, 11) is 0. The summed E-state index contributed by atoms with van der Waals surface area (Å²) in [5.74, 6) is 3.24. The Kier molecular flexibility index (Phi) is 5.09. The molecule has 4 bridgehead atoms. The highest BCUT2D eigenvalue weighted by molar-refractivity contribution is 5.06. The van der Waals surface area contributed by atoms with E-state index in [0.29, 0.717) is 5.41 Å². The fraction of sp³-hybridized carbons (Fsp3) is 0.900. The highest BCUT2D eigenvalue weighted by Crippen LogP contribution is 2.61. The molecule has 4 rings (SSSR count). The Morgan fingerprint density at radius 3 is 2.19 bits per heavy atom. The Morgan fingerprint density at radius 1 is 1.05 bits per heavy atom. The van der Waals surface area contributed by atoms with Gasteiger partial charge in [-0.1, -0.05) is 25.8 Å². The molecule has 0 aromatic rings. The van der Waals surface area contributed by atoms with Gasteiger partial charge >= 0.3 is 0 Å². The van der Waals surface area contributed by atoms with Crippen molar-refractivity contribution >= 4 is 0 Å². The van der Waals surface area contributed by atoms with Crippen LogP contribution in [0.5, 0.6) is 0 Å². The third kappa shape index (κ3) is 3.38. The summed E-state index contributed by atoms with van der Waals surface area (Å²) in [6, 6.07) is 0.805. The van der Waals surface area contributed by atoms with Gasteiger partial charge in [0.05, 0.1) is 0 Å². The molecule has 120 valence electrons. The molecule has 0 radical (unpaired) electrons. The molecule has 4 aliphatic carbocycles. The molecule has 0 saturated heterocycles. The molecule has 0 amide bonds. The highest BCUT2D eigenvalue weighted by atomic mass is 14.9. The minimum absolute atomic E-state index is 0.684. The Balaban J connectivity index is 1.59. The molecular weight excluding hydrogens is 254 g/mol. The topological polar surface area (TPSA) is 12.0 Å². The molecule has 1 unspecified atom stereocenters.